The molecule has 0 spiro atoms. The summed E-state index contributed by atoms with van der Waals surface area (Å²) in [5.74, 6) is 0.664. The van der Waals surface area contributed by atoms with Gasteiger partial charge in [-0.25, -0.2) is 4.98 Å². The van der Waals surface area contributed by atoms with Gasteiger partial charge in [-0.2, -0.15) is 0 Å². The average molecular weight is 211 g/mol. The molecular weight excluding hydrogens is 194 g/mol. The smallest absolute Gasteiger partial charge is 0.277 e. The molecule has 0 saturated heterocycles. The molecule has 0 fully saturated rings. The van der Waals surface area contributed by atoms with E-state index in [4.69, 9.17) is 10.5 Å². The van der Waals surface area contributed by atoms with Crippen molar-refractivity contribution in [1.29, 1.82) is 0 Å². The number of nitrogens with one attached hydrogen (secondary N) is 1. The Balaban J connectivity index is 2.58. The van der Waals surface area contributed by atoms with Crippen LogP contribution in [0.1, 0.15) is 26.7 Å². The number of nitrogens with zero attached hydrogens (tertiary/aromatic N) is 1. The van der Waals surface area contributed by atoms with Crippen molar-refractivity contribution in [2.24, 2.45) is 5.92 Å². The second-order valence-electron chi connectivity index (χ2n) is 3.66. The molecule has 1 atom stereocenters. The molecule has 1 aromatic heterocycles. The quantitative estimate of drug-likeness (QED) is 0.766. The first-order chi connectivity index (χ1) is 7.15. The van der Waals surface area contributed by atoms with Crippen molar-refractivity contribution in [2.75, 3.05) is 12.3 Å². The lowest BCUT2D eigenvalue weighted by atomic mass is 10.1. The van der Waals surface area contributed by atoms with Crippen LogP contribution in [-0.2, 0) is 0 Å². The summed E-state index contributed by atoms with van der Waals surface area (Å²) < 4.78 is 5.38. The summed E-state index contributed by atoms with van der Waals surface area (Å²) in [5, 5.41) is 0. The van der Waals surface area contributed by atoms with Crippen molar-refractivity contribution >= 4 is 5.69 Å². The van der Waals surface area contributed by atoms with Gasteiger partial charge in [-0.1, -0.05) is 20.3 Å². The second-order valence-corrected chi connectivity index (χ2v) is 3.66. The molecule has 5 heteroatoms. The lowest BCUT2D eigenvalue weighted by Crippen LogP contribution is -2.16. The molecule has 15 heavy (non-hydrogen) atoms. The Hall–Kier alpha value is -1.52. The highest BCUT2D eigenvalue weighted by Crippen LogP contribution is 2.13. The molecule has 3 N–H and O–H groups in total. The van der Waals surface area contributed by atoms with Crippen molar-refractivity contribution in [3.05, 3.63) is 16.7 Å². The summed E-state index contributed by atoms with van der Waals surface area (Å²) in [5.41, 5.74) is 5.20. The van der Waals surface area contributed by atoms with E-state index in [1.54, 1.807) is 0 Å². The first kappa shape index (κ1) is 11.6. The van der Waals surface area contributed by atoms with Gasteiger partial charge < -0.3 is 15.5 Å². The molecule has 1 heterocycles. The molecule has 1 unspecified atom stereocenters. The monoisotopic (exact) mass is 211 g/mol. The van der Waals surface area contributed by atoms with Crippen LogP contribution in [0, 0.1) is 5.92 Å². The number of aromatic amines is 1. The fraction of sp³-hybridized carbons (Fsp3) is 0.600. The highest BCUT2D eigenvalue weighted by molar-refractivity contribution is 5.44. The summed E-state index contributed by atoms with van der Waals surface area (Å²) in [4.78, 5) is 17.4. The summed E-state index contributed by atoms with van der Waals surface area (Å²) >= 11 is 0. The summed E-state index contributed by atoms with van der Waals surface area (Å²) in [6.07, 6.45) is 3.49. The maximum Gasteiger partial charge on any atom is 0.277 e. The number of anilines is 1. The van der Waals surface area contributed by atoms with Gasteiger partial charge in [-0.05, 0) is 12.3 Å². The van der Waals surface area contributed by atoms with E-state index in [0.717, 1.165) is 12.8 Å². The molecule has 0 aliphatic carbocycles. The lowest BCUT2D eigenvalue weighted by Gasteiger charge is -2.11. The van der Waals surface area contributed by atoms with Crippen LogP contribution in [0.2, 0.25) is 0 Å². The van der Waals surface area contributed by atoms with Crippen LogP contribution in [0.4, 0.5) is 5.69 Å². The third kappa shape index (κ3) is 3.27. The zero-order chi connectivity index (χ0) is 11.3. The number of aromatic nitrogens is 2. The van der Waals surface area contributed by atoms with E-state index in [9.17, 15) is 4.79 Å². The van der Waals surface area contributed by atoms with Crippen LogP contribution >= 0.6 is 0 Å². The van der Waals surface area contributed by atoms with Gasteiger partial charge in [0.25, 0.3) is 5.56 Å². The van der Waals surface area contributed by atoms with Crippen molar-refractivity contribution < 1.29 is 4.74 Å². The van der Waals surface area contributed by atoms with Crippen molar-refractivity contribution in [3.63, 3.8) is 0 Å². The largest absolute Gasteiger partial charge is 0.476 e. The van der Waals surface area contributed by atoms with Crippen molar-refractivity contribution in [3.8, 4) is 5.88 Å². The topological polar surface area (TPSA) is 81.0 Å². The van der Waals surface area contributed by atoms with Gasteiger partial charge in [0.1, 0.15) is 0 Å². The SMILES string of the molecule is CCCC(C)COc1nc[nH]c(=O)c1N. The molecule has 1 rings (SSSR count). The minimum atomic E-state index is -0.358. The Morgan fingerprint density at radius 1 is 1.67 bits per heavy atom. The zero-order valence-corrected chi connectivity index (χ0v) is 9.12. The Labute approximate surface area is 88.7 Å². The number of H-pyrrole nitrogens is 1. The Morgan fingerprint density at radius 2 is 2.40 bits per heavy atom. The van der Waals surface area contributed by atoms with Gasteiger partial charge in [0, 0.05) is 0 Å². The molecule has 1 aromatic rings. The van der Waals surface area contributed by atoms with Gasteiger partial charge >= 0.3 is 0 Å². The number of hydrogen-bond donors (Lipinski definition) is 2. The third-order valence-electron chi connectivity index (χ3n) is 2.14. The van der Waals surface area contributed by atoms with E-state index in [2.05, 4.69) is 23.8 Å². The lowest BCUT2D eigenvalue weighted by molar-refractivity contribution is 0.244. The predicted octanol–water partition coefficient (Wildman–Crippen LogP) is 1.17. The van der Waals surface area contributed by atoms with Crippen LogP contribution in [0.3, 0.4) is 0 Å². The standard InChI is InChI=1S/C10H17N3O2/c1-3-4-7(2)5-15-10-8(11)9(14)12-6-13-10/h6-7H,3-5,11H2,1-2H3,(H,12,13,14). The maximum absolute atomic E-state index is 11.1. The fourth-order valence-electron chi connectivity index (χ4n) is 1.31. The minimum absolute atomic E-state index is 0.0428. The first-order valence-electron chi connectivity index (χ1n) is 5.11. The van der Waals surface area contributed by atoms with Crippen LogP contribution in [0.15, 0.2) is 11.1 Å². The number of nitrogens with two attached hydrogens (primary N) is 1. The first-order valence-corrected chi connectivity index (χ1v) is 5.11. The van der Waals surface area contributed by atoms with Crippen LogP contribution in [-0.4, -0.2) is 16.6 Å². The van der Waals surface area contributed by atoms with Crippen LogP contribution < -0.4 is 16.0 Å². The number of ether oxygens (including phenoxy) is 1. The van der Waals surface area contributed by atoms with E-state index in [1.807, 2.05) is 0 Å². The molecule has 0 aliphatic heterocycles. The van der Waals surface area contributed by atoms with Crippen molar-refractivity contribution in [2.45, 2.75) is 26.7 Å². The van der Waals surface area contributed by atoms with E-state index >= 15 is 0 Å². The van der Waals surface area contributed by atoms with Crippen LogP contribution in [0.5, 0.6) is 5.88 Å². The zero-order valence-electron chi connectivity index (χ0n) is 9.12. The summed E-state index contributed by atoms with van der Waals surface area (Å²) in [6.45, 7) is 4.75. The van der Waals surface area contributed by atoms with E-state index in [0.29, 0.717) is 12.5 Å². The van der Waals surface area contributed by atoms with Gasteiger partial charge in [-0.15, -0.1) is 0 Å². The van der Waals surface area contributed by atoms with Gasteiger partial charge in [0.2, 0.25) is 5.88 Å². The molecule has 84 valence electrons. The Kier molecular flexibility index (Phi) is 4.15. The Bertz CT molecular complexity index is 362. The molecule has 0 bridgehead atoms. The molecular formula is C10H17N3O2. The van der Waals surface area contributed by atoms with Crippen LogP contribution in [0.25, 0.3) is 0 Å². The number of rotatable bonds is 5. The summed E-state index contributed by atoms with van der Waals surface area (Å²) in [7, 11) is 0. The molecule has 0 saturated carbocycles. The molecule has 5 nitrogen and oxygen atoms in total. The predicted molar refractivity (Wildman–Crippen MR) is 58.8 cm³/mol. The van der Waals surface area contributed by atoms with Crippen molar-refractivity contribution in [1.82, 2.24) is 9.97 Å². The second kappa shape index (κ2) is 5.38. The number of nitrogen functional groups attached to an aromatic ring is 1. The van der Waals surface area contributed by atoms with E-state index in [-0.39, 0.29) is 17.1 Å². The molecule has 0 amide bonds. The third-order valence-corrected chi connectivity index (χ3v) is 2.14. The minimum Gasteiger partial charge on any atom is -0.476 e. The average Bonchev–Trinajstić information content (AvgIpc) is 2.21. The fourth-order valence-corrected chi connectivity index (χ4v) is 1.31. The highest BCUT2D eigenvalue weighted by Gasteiger charge is 2.07. The molecule has 0 aliphatic rings. The van der Waals surface area contributed by atoms with E-state index in [1.165, 1.54) is 6.33 Å². The highest BCUT2D eigenvalue weighted by atomic mass is 16.5. The summed E-state index contributed by atoms with van der Waals surface area (Å²) in [6, 6.07) is 0. The maximum atomic E-state index is 11.1. The normalized spacial score (nSPS) is 12.4. The van der Waals surface area contributed by atoms with Gasteiger partial charge in [0.15, 0.2) is 5.69 Å². The number of hydrogen-bond acceptors (Lipinski definition) is 4. The van der Waals surface area contributed by atoms with Gasteiger partial charge in [0.05, 0.1) is 12.9 Å². The molecule has 0 radical (unpaired) electrons. The Morgan fingerprint density at radius 3 is 3.07 bits per heavy atom. The van der Waals surface area contributed by atoms with Gasteiger partial charge in [-0.3, -0.25) is 4.79 Å². The molecule has 0 aromatic carbocycles. The van der Waals surface area contributed by atoms with E-state index < -0.39 is 0 Å².